The van der Waals surface area contributed by atoms with Gasteiger partial charge in [0.2, 0.25) is 5.88 Å². The Bertz CT molecular complexity index is 685. The molecule has 7 heteroatoms. The summed E-state index contributed by atoms with van der Waals surface area (Å²) in [6.07, 6.45) is 9.85. The molecule has 2 aromatic heterocycles. The van der Waals surface area contributed by atoms with Crippen LogP contribution >= 0.6 is 0 Å². The Morgan fingerprint density at radius 3 is 2.56 bits per heavy atom. The van der Waals surface area contributed by atoms with E-state index in [1.54, 1.807) is 19.8 Å². The lowest BCUT2D eigenvalue weighted by Crippen LogP contribution is -2.46. The molecular weight excluding hydrogens is 316 g/mol. The second-order valence-corrected chi connectivity index (χ2v) is 6.77. The minimum absolute atomic E-state index is 0.536. The Morgan fingerprint density at radius 2 is 1.88 bits per heavy atom. The first-order valence-electron chi connectivity index (χ1n) is 8.95. The first-order chi connectivity index (χ1) is 12.3. The summed E-state index contributed by atoms with van der Waals surface area (Å²) in [5, 5.41) is 0. The standard InChI is InChI=1S/C18H24N6O/c1-25-18-10-17(21-13-22-18)24(15-2-3-15)16-5-8-23(9-6-16)11-14-4-7-19-12-20-14/h4,7,10,12-13,15-16H,2-3,5-6,8-9,11H2,1H3. The molecule has 25 heavy (non-hydrogen) atoms. The summed E-state index contributed by atoms with van der Waals surface area (Å²) in [6.45, 7) is 3.07. The summed E-state index contributed by atoms with van der Waals surface area (Å²) >= 11 is 0. The molecule has 3 heterocycles. The molecule has 7 nitrogen and oxygen atoms in total. The van der Waals surface area contributed by atoms with Gasteiger partial charge in [-0.3, -0.25) is 4.90 Å². The zero-order chi connectivity index (χ0) is 17.1. The summed E-state index contributed by atoms with van der Waals surface area (Å²) in [4.78, 5) is 22.0. The number of piperidine rings is 1. The number of anilines is 1. The van der Waals surface area contributed by atoms with E-state index >= 15 is 0 Å². The SMILES string of the molecule is COc1cc(N(C2CC2)C2CCN(Cc3ccncn3)CC2)ncn1. The number of ether oxygens (including phenoxy) is 1. The van der Waals surface area contributed by atoms with E-state index in [0.717, 1.165) is 44.0 Å². The van der Waals surface area contributed by atoms with Crippen molar-refractivity contribution in [2.24, 2.45) is 0 Å². The van der Waals surface area contributed by atoms with Gasteiger partial charge in [0, 0.05) is 44.0 Å². The van der Waals surface area contributed by atoms with Crippen LogP contribution < -0.4 is 9.64 Å². The zero-order valence-corrected chi connectivity index (χ0v) is 14.6. The molecule has 1 saturated heterocycles. The Labute approximate surface area is 148 Å². The molecule has 0 atom stereocenters. The average molecular weight is 340 g/mol. The lowest BCUT2D eigenvalue weighted by Gasteiger charge is -2.39. The van der Waals surface area contributed by atoms with Gasteiger partial charge in [-0.15, -0.1) is 0 Å². The Kier molecular flexibility index (Phi) is 4.74. The van der Waals surface area contributed by atoms with Crippen molar-refractivity contribution in [2.45, 2.75) is 44.3 Å². The summed E-state index contributed by atoms with van der Waals surface area (Å²) < 4.78 is 5.28. The maximum atomic E-state index is 5.28. The van der Waals surface area contributed by atoms with Crippen molar-refractivity contribution in [2.75, 3.05) is 25.1 Å². The largest absolute Gasteiger partial charge is 0.481 e. The van der Waals surface area contributed by atoms with Crippen molar-refractivity contribution < 1.29 is 4.74 Å². The van der Waals surface area contributed by atoms with Gasteiger partial charge in [-0.05, 0) is 31.7 Å². The minimum atomic E-state index is 0.536. The van der Waals surface area contributed by atoms with Gasteiger partial charge >= 0.3 is 0 Å². The van der Waals surface area contributed by atoms with Gasteiger partial charge in [0.25, 0.3) is 0 Å². The molecule has 2 aliphatic rings. The van der Waals surface area contributed by atoms with Crippen LogP contribution in [0.25, 0.3) is 0 Å². The van der Waals surface area contributed by atoms with Gasteiger partial charge in [-0.25, -0.2) is 19.9 Å². The second kappa shape index (κ2) is 7.31. The van der Waals surface area contributed by atoms with Crippen LogP contribution in [0.3, 0.4) is 0 Å². The van der Waals surface area contributed by atoms with E-state index in [0.29, 0.717) is 18.0 Å². The van der Waals surface area contributed by atoms with E-state index in [1.165, 1.54) is 12.8 Å². The number of nitrogens with zero attached hydrogens (tertiary/aromatic N) is 6. The molecule has 0 spiro atoms. The number of rotatable bonds is 6. The topological polar surface area (TPSA) is 67.3 Å². The smallest absolute Gasteiger partial charge is 0.218 e. The molecule has 0 aromatic carbocycles. The third-order valence-corrected chi connectivity index (χ3v) is 5.02. The lowest BCUT2D eigenvalue weighted by molar-refractivity contribution is 0.198. The van der Waals surface area contributed by atoms with Gasteiger partial charge in [0.15, 0.2) is 0 Å². The van der Waals surface area contributed by atoms with Crippen LogP contribution in [0.2, 0.25) is 0 Å². The highest BCUT2D eigenvalue weighted by Crippen LogP contribution is 2.36. The van der Waals surface area contributed by atoms with Gasteiger partial charge in [0.05, 0.1) is 12.8 Å². The maximum absolute atomic E-state index is 5.28. The first kappa shape index (κ1) is 16.2. The van der Waals surface area contributed by atoms with E-state index in [1.807, 2.05) is 18.3 Å². The second-order valence-electron chi connectivity index (χ2n) is 6.77. The molecule has 2 aromatic rings. The highest BCUT2D eigenvalue weighted by molar-refractivity contribution is 5.45. The molecule has 0 unspecified atom stereocenters. The number of hydrogen-bond donors (Lipinski definition) is 0. The normalized spacial score (nSPS) is 18.9. The third-order valence-electron chi connectivity index (χ3n) is 5.02. The van der Waals surface area contributed by atoms with E-state index in [9.17, 15) is 0 Å². The summed E-state index contributed by atoms with van der Waals surface area (Å²) in [7, 11) is 1.65. The molecule has 2 fully saturated rings. The van der Waals surface area contributed by atoms with E-state index in [2.05, 4.69) is 29.7 Å². The fraction of sp³-hybridized carbons (Fsp3) is 0.556. The predicted molar refractivity (Wildman–Crippen MR) is 94.4 cm³/mol. The van der Waals surface area contributed by atoms with Crippen molar-refractivity contribution in [1.82, 2.24) is 24.8 Å². The van der Waals surface area contributed by atoms with E-state index in [4.69, 9.17) is 4.74 Å². The van der Waals surface area contributed by atoms with Crippen molar-refractivity contribution in [3.05, 3.63) is 36.7 Å². The molecule has 4 rings (SSSR count). The summed E-state index contributed by atoms with van der Waals surface area (Å²) in [5.41, 5.74) is 1.09. The third kappa shape index (κ3) is 3.87. The highest BCUT2D eigenvalue weighted by atomic mass is 16.5. The Hall–Kier alpha value is -2.28. The van der Waals surface area contributed by atoms with Crippen molar-refractivity contribution >= 4 is 5.82 Å². The fourth-order valence-electron chi connectivity index (χ4n) is 3.60. The molecule has 0 bridgehead atoms. The molecular formula is C18H24N6O. The Balaban J connectivity index is 1.41. The number of aromatic nitrogens is 4. The highest BCUT2D eigenvalue weighted by Gasteiger charge is 2.36. The zero-order valence-electron chi connectivity index (χ0n) is 14.6. The van der Waals surface area contributed by atoms with Crippen LogP contribution in [0.15, 0.2) is 31.0 Å². The summed E-state index contributed by atoms with van der Waals surface area (Å²) in [6, 6.07) is 5.12. The van der Waals surface area contributed by atoms with Crippen molar-refractivity contribution in [3.8, 4) is 5.88 Å². The quantitative estimate of drug-likeness (QED) is 0.795. The first-order valence-corrected chi connectivity index (χ1v) is 8.95. The molecule has 1 aliphatic heterocycles. The average Bonchev–Trinajstić information content (AvgIpc) is 3.49. The number of likely N-dealkylation sites (tertiary alicyclic amines) is 1. The molecule has 0 radical (unpaired) electrons. The molecule has 0 amide bonds. The van der Waals surface area contributed by atoms with Crippen LogP contribution in [0.5, 0.6) is 5.88 Å². The monoisotopic (exact) mass is 340 g/mol. The maximum Gasteiger partial charge on any atom is 0.218 e. The molecule has 1 aliphatic carbocycles. The van der Waals surface area contributed by atoms with E-state index < -0.39 is 0 Å². The van der Waals surface area contributed by atoms with Crippen LogP contribution in [-0.4, -0.2) is 57.1 Å². The van der Waals surface area contributed by atoms with E-state index in [-0.39, 0.29) is 0 Å². The predicted octanol–water partition coefficient (Wildman–Crippen LogP) is 1.91. The van der Waals surface area contributed by atoms with Crippen LogP contribution in [0.4, 0.5) is 5.82 Å². The summed E-state index contributed by atoms with van der Waals surface area (Å²) in [5.74, 6) is 1.64. The van der Waals surface area contributed by atoms with Gasteiger partial charge in [-0.2, -0.15) is 0 Å². The van der Waals surface area contributed by atoms with Crippen molar-refractivity contribution in [1.29, 1.82) is 0 Å². The van der Waals surface area contributed by atoms with Gasteiger partial charge in [0.1, 0.15) is 18.5 Å². The molecule has 1 saturated carbocycles. The number of hydrogen-bond acceptors (Lipinski definition) is 7. The molecule has 132 valence electrons. The number of methoxy groups -OCH3 is 1. The van der Waals surface area contributed by atoms with Gasteiger partial charge < -0.3 is 9.64 Å². The molecule has 0 N–H and O–H groups in total. The van der Waals surface area contributed by atoms with Crippen LogP contribution in [-0.2, 0) is 6.54 Å². The minimum Gasteiger partial charge on any atom is -0.481 e. The van der Waals surface area contributed by atoms with Crippen LogP contribution in [0.1, 0.15) is 31.4 Å². The van der Waals surface area contributed by atoms with Crippen LogP contribution in [0, 0.1) is 0 Å². The Morgan fingerprint density at radius 1 is 1.08 bits per heavy atom. The fourth-order valence-corrected chi connectivity index (χ4v) is 3.60. The van der Waals surface area contributed by atoms with Gasteiger partial charge in [-0.1, -0.05) is 0 Å². The van der Waals surface area contributed by atoms with Crippen molar-refractivity contribution in [3.63, 3.8) is 0 Å². The lowest BCUT2D eigenvalue weighted by atomic mass is 10.0.